The second-order valence-electron chi connectivity index (χ2n) is 5.99. The third-order valence-electron chi connectivity index (χ3n) is 4.18. The molecule has 0 unspecified atom stereocenters. The van der Waals surface area contributed by atoms with Crippen molar-refractivity contribution in [2.75, 3.05) is 31.1 Å². The Morgan fingerprint density at radius 1 is 1.15 bits per heavy atom. The van der Waals surface area contributed by atoms with Gasteiger partial charge in [0.2, 0.25) is 0 Å². The van der Waals surface area contributed by atoms with Gasteiger partial charge in [-0.25, -0.2) is 0 Å². The Bertz CT molecular complexity index is 502. The lowest BCUT2D eigenvalue weighted by atomic mass is 10.1. The number of piperazine rings is 1. The second-order valence-corrected chi connectivity index (χ2v) is 6.37. The van der Waals surface area contributed by atoms with Crippen molar-refractivity contribution < 1.29 is 0 Å². The fourth-order valence-corrected chi connectivity index (χ4v) is 3.05. The first-order chi connectivity index (χ1) is 9.63. The van der Waals surface area contributed by atoms with Crippen LogP contribution in [0.5, 0.6) is 0 Å². The Labute approximate surface area is 126 Å². The Hall–Kier alpha value is -1.29. The lowest BCUT2D eigenvalue weighted by Crippen LogP contribution is -2.52. The highest BCUT2D eigenvalue weighted by molar-refractivity contribution is 7.80. The second kappa shape index (κ2) is 5.60. The van der Waals surface area contributed by atoms with E-state index in [-0.39, 0.29) is 0 Å². The normalized spacial score (nSPS) is 19.1. The van der Waals surface area contributed by atoms with E-state index >= 15 is 0 Å². The molecule has 4 heteroatoms. The summed E-state index contributed by atoms with van der Waals surface area (Å²) in [6.07, 6.45) is 2.56. The molecule has 2 aliphatic rings. The summed E-state index contributed by atoms with van der Waals surface area (Å²) in [7, 11) is 0. The van der Waals surface area contributed by atoms with Crippen LogP contribution < -0.4 is 10.2 Å². The lowest BCUT2D eigenvalue weighted by Gasteiger charge is -2.38. The topological polar surface area (TPSA) is 18.5 Å². The Morgan fingerprint density at radius 3 is 2.50 bits per heavy atom. The van der Waals surface area contributed by atoms with Crippen molar-refractivity contribution in [2.45, 2.75) is 32.7 Å². The van der Waals surface area contributed by atoms with E-state index in [1.165, 1.54) is 29.7 Å². The molecule has 1 aromatic rings. The number of rotatable bonds is 2. The van der Waals surface area contributed by atoms with E-state index in [4.69, 9.17) is 12.2 Å². The summed E-state index contributed by atoms with van der Waals surface area (Å²) in [6, 6.07) is 7.35. The van der Waals surface area contributed by atoms with Gasteiger partial charge < -0.3 is 15.1 Å². The van der Waals surface area contributed by atoms with Crippen LogP contribution in [0.3, 0.4) is 0 Å². The van der Waals surface area contributed by atoms with E-state index in [1.54, 1.807) is 0 Å². The van der Waals surface area contributed by atoms with Crippen molar-refractivity contribution in [1.82, 2.24) is 10.2 Å². The van der Waals surface area contributed by atoms with Gasteiger partial charge in [0.1, 0.15) is 0 Å². The maximum absolute atomic E-state index is 5.49. The van der Waals surface area contributed by atoms with Crippen LogP contribution >= 0.6 is 12.2 Å². The van der Waals surface area contributed by atoms with Gasteiger partial charge in [0, 0.05) is 37.9 Å². The largest absolute Gasteiger partial charge is 0.368 e. The molecule has 1 aliphatic heterocycles. The quantitative estimate of drug-likeness (QED) is 0.843. The van der Waals surface area contributed by atoms with E-state index in [0.717, 1.165) is 31.3 Å². The summed E-state index contributed by atoms with van der Waals surface area (Å²) in [5.41, 5.74) is 4.08. The maximum Gasteiger partial charge on any atom is 0.169 e. The van der Waals surface area contributed by atoms with Crippen LogP contribution in [0.4, 0.5) is 5.69 Å². The SMILES string of the molecule is Cc1ccc(C)c(N2CCN(C(=S)NC3CC3)CC2)c1. The summed E-state index contributed by atoms with van der Waals surface area (Å²) in [5, 5.41) is 4.39. The first kappa shape index (κ1) is 13.7. The molecule has 1 aromatic carbocycles. The molecule has 2 fully saturated rings. The zero-order valence-corrected chi connectivity index (χ0v) is 13.2. The number of nitrogens with zero attached hydrogens (tertiary/aromatic N) is 2. The third kappa shape index (κ3) is 3.06. The minimum atomic E-state index is 0.652. The third-order valence-corrected chi connectivity index (χ3v) is 4.55. The summed E-state index contributed by atoms with van der Waals surface area (Å²) in [4.78, 5) is 4.80. The number of anilines is 1. The van der Waals surface area contributed by atoms with Crippen molar-refractivity contribution in [3.63, 3.8) is 0 Å². The predicted molar refractivity (Wildman–Crippen MR) is 88.5 cm³/mol. The predicted octanol–water partition coefficient (Wildman–Crippen LogP) is 2.46. The average molecular weight is 289 g/mol. The van der Waals surface area contributed by atoms with Crippen LogP contribution in [0.1, 0.15) is 24.0 Å². The van der Waals surface area contributed by atoms with Gasteiger partial charge in [-0.15, -0.1) is 0 Å². The zero-order valence-electron chi connectivity index (χ0n) is 12.4. The Kier molecular flexibility index (Phi) is 3.83. The number of thiocarbonyl (C=S) groups is 1. The van der Waals surface area contributed by atoms with Crippen LogP contribution in [-0.4, -0.2) is 42.2 Å². The van der Waals surface area contributed by atoms with E-state index in [9.17, 15) is 0 Å². The molecule has 1 aliphatic carbocycles. The molecule has 0 spiro atoms. The first-order valence-corrected chi connectivity index (χ1v) is 7.92. The molecule has 0 bridgehead atoms. The molecule has 20 heavy (non-hydrogen) atoms. The number of benzene rings is 1. The molecule has 1 saturated heterocycles. The molecule has 108 valence electrons. The van der Waals surface area contributed by atoms with Gasteiger partial charge >= 0.3 is 0 Å². The van der Waals surface area contributed by atoms with Crippen molar-refractivity contribution >= 4 is 23.0 Å². The molecule has 1 saturated carbocycles. The van der Waals surface area contributed by atoms with Crippen molar-refractivity contribution in [2.24, 2.45) is 0 Å². The summed E-state index contributed by atoms with van der Waals surface area (Å²) >= 11 is 5.49. The van der Waals surface area contributed by atoms with E-state index in [2.05, 4.69) is 47.2 Å². The fraction of sp³-hybridized carbons (Fsp3) is 0.562. The molecule has 0 aromatic heterocycles. The standard InChI is InChI=1S/C16H23N3S/c1-12-3-4-13(2)15(11-12)18-7-9-19(10-8-18)16(20)17-14-5-6-14/h3-4,11,14H,5-10H2,1-2H3,(H,17,20). The lowest BCUT2D eigenvalue weighted by molar-refractivity contribution is 0.379. The van der Waals surface area contributed by atoms with Gasteiger partial charge in [-0.2, -0.15) is 0 Å². The van der Waals surface area contributed by atoms with Crippen LogP contribution in [0.2, 0.25) is 0 Å². The van der Waals surface area contributed by atoms with Crippen LogP contribution in [0.15, 0.2) is 18.2 Å². The van der Waals surface area contributed by atoms with Gasteiger partial charge in [0.15, 0.2) is 5.11 Å². The molecule has 3 nitrogen and oxygen atoms in total. The van der Waals surface area contributed by atoms with Crippen LogP contribution in [0, 0.1) is 13.8 Å². The highest BCUT2D eigenvalue weighted by Gasteiger charge is 2.26. The number of hydrogen-bond donors (Lipinski definition) is 1. The van der Waals surface area contributed by atoms with Crippen LogP contribution in [0.25, 0.3) is 0 Å². The maximum atomic E-state index is 5.49. The molecule has 0 amide bonds. The molecule has 0 atom stereocenters. The Morgan fingerprint density at radius 2 is 1.85 bits per heavy atom. The van der Waals surface area contributed by atoms with Gasteiger partial charge in [0.05, 0.1) is 0 Å². The van der Waals surface area contributed by atoms with E-state index in [1.807, 2.05) is 0 Å². The minimum Gasteiger partial charge on any atom is -0.368 e. The smallest absolute Gasteiger partial charge is 0.169 e. The monoisotopic (exact) mass is 289 g/mol. The first-order valence-electron chi connectivity index (χ1n) is 7.51. The number of aryl methyl sites for hydroxylation is 2. The molecule has 1 heterocycles. The number of nitrogens with one attached hydrogen (secondary N) is 1. The molecular formula is C16H23N3S. The van der Waals surface area contributed by atoms with Gasteiger partial charge in [-0.3, -0.25) is 0 Å². The molecule has 1 N–H and O–H groups in total. The Balaban J connectivity index is 1.60. The zero-order chi connectivity index (χ0) is 14.1. The van der Waals surface area contributed by atoms with E-state index in [0.29, 0.717) is 6.04 Å². The summed E-state index contributed by atoms with van der Waals surface area (Å²) < 4.78 is 0. The van der Waals surface area contributed by atoms with Crippen molar-refractivity contribution in [1.29, 1.82) is 0 Å². The highest BCUT2D eigenvalue weighted by atomic mass is 32.1. The molecular weight excluding hydrogens is 266 g/mol. The fourth-order valence-electron chi connectivity index (χ4n) is 2.70. The molecule has 0 radical (unpaired) electrons. The van der Waals surface area contributed by atoms with Gasteiger partial charge in [0.25, 0.3) is 0 Å². The van der Waals surface area contributed by atoms with E-state index < -0.39 is 0 Å². The van der Waals surface area contributed by atoms with Gasteiger partial charge in [-0.1, -0.05) is 12.1 Å². The minimum absolute atomic E-state index is 0.652. The summed E-state index contributed by atoms with van der Waals surface area (Å²) in [6.45, 7) is 8.50. The van der Waals surface area contributed by atoms with Crippen molar-refractivity contribution in [3.8, 4) is 0 Å². The molecule has 3 rings (SSSR count). The highest BCUT2D eigenvalue weighted by Crippen LogP contribution is 2.23. The summed E-state index contributed by atoms with van der Waals surface area (Å²) in [5.74, 6) is 0. The average Bonchev–Trinajstić information content (AvgIpc) is 3.26. The van der Waals surface area contributed by atoms with Crippen molar-refractivity contribution in [3.05, 3.63) is 29.3 Å². The number of hydrogen-bond acceptors (Lipinski definition) is 2. The van der Waals surface area contributed by atoms with Crippen LogP contribution in [-0.2, 0) is 0 Å². The van der Waals surface area contributed by atoms with Gasteiger partial charge in [-0.05, 0) is 56.1 Å².